The van der Waals surface area contributed by atoms with E-state index >= 15 is 0 Å². The average Bonchev–Trinajstić information content (AvgIpc) is 3.05. The van der Waals surface area contributed by atoms with Gasteiger partial charge in [0.25, 0.3) is 5.91 Å². The van der Waals surface area contributed by atoms with Crippen molar-refractivity contribution in [1.82, 2.24) is 19.8 Å². The third-order valence-corrected chi connectivity index (χ3v) is 4.78. The van der Waals surface area contributed by atoms with Crippen LogP contribution >= 0.6 is 23.2 Å². The molecule has 0 saturated carbocycles. The predicted octanol–water partition coefficient (Wildman–Crippen LogP) is 4.66. The van der Waals surface area contributed by atoms with E-state index in [0.29, 0.717) is 26.9 Å². The highest BCUT2D eigenvalue weighted by atomic mass is 35.5. The number of anilines is 1. The van der Waals surface area contributed by atoms with Gasteiger partial charge in [0.05, 0.1) is 15.7 Å². The SMILES string of the molecule is Cc1nnc2ccc(-c3ccc(NC(=O)c4ccc(Cl)c(Cl)c4)cc3)nn12. The summed E-state index contributed by atoms with van der Waals surface area (Å²) < 4.78 is 1.69. The maximum absolute atomic E-state index is 12.3. The molecule has 0 spiro atoms. The fourth-order valence-electron chi connectivity index (χ4n) is 2.62. The Labute approximate surface area is 164 Å². The average molecular weight is 398 g/mol. The maximum atomic E-state index is 12.3. The number of benzene rings is 2. The molecule has 0 aliphatic carbocycles. The van der Waals surface area contributed by atoms with Crippen molar-refractivity contribution in [1.29, 1.82) is 0 Å². The van der Waals surface area contributed by atoms with Gasteiger partial charge in [-0.05, 0) is 49.4 Å². The summed E-state index contributed by atoms with van der Waals surface area (Å²) in [6.45, 7) is 1.85. The summed E-state index contributed by atoms with van der Waals surface area (Å²) >= 11 is 11.8. The first kappa shape index (κ1) is 17.5. The van der Waals surface area contributed by atoms with Crippen LogP contribution in [0.25, 0.3) is 16.9 Å². The molecule has 1 N–H and O–H groups in total. The van der Waals surface area contributed by atoms with Crippen molar-refractivity contribution >= 4 is 40.4 Å². The van der Waals surface area contributed by atoms with Gasteiger partial charge in [0.2, 0.25) is 0 Å². The van der Waals surface area contributed by atoms with Crippen molar-refractivity contribution in [2.75, 3.05) is 5.32 Å². The van der Waals surface area contributed by atoms with Gasteiger partial charge < -0.3 is 5.32 Å². The topological polar surface area (TPSA) is 72.2 Å². The van der Waals surface area contributed by atoms with Crippen molar-refractivity contribution in [3.05, 3.63) is 76.0 Å². The molecule has 4 aromatic rings. The van der Waals surface area contributed by atoms with Crippen molar-refractivity contribution < 1.29 is 4.79 Å². The molecule has 0 saturated heterocycles. The molecule has 6 nitrogen and oxygen atoms in total. The van der Waals surface area contributed by atoms with Crippen LogP contribution < -0.4 is 5.32 Å². The van der Waals surface area contributed by atoms with Gasteiger partial charge in [-0.15, -0.1) is 10.2 Å². The van der Waals surface area contributed by atoms with E-state index in [1.807, 2.05) is 43.3 Å². The van der Waals surface area contributed by atoms with E-state index < -0.39 is 0 Å². The van der Waals surface area contributed by atoms with Gasteiger partial charge in [-0.25, -0.2) is 0 Å². The number of aryl methyl sites for hydroxylation is 1. The summed E-state index contributed by atoms with van der Waals surface area (Å²) in [5, 5.41) is 16.1. The normalized spacial score (nSPS) is 10.9. The van der Waals surface area contributed by atoms with Crippen LogP contribution in [0.5, 0.6) is 0 Å². The Morgan fingerprint density at radius 1 is 0.963 bits per heavy atom. The van der Waals surface area contributed by atoms with Gasteiger partial charge in [-0.1, -0.05) is 35.3 Å². The molecule has 0 fully saturated rings. The molecular formula is C19H13Cl2N5O. The quantitative estimate of drug-likeness (QED) is 0.545. The van der Waals surface area contributed by atoms with Crippen LogP contribution in [0, 0.1) is 6.92 Å². The Hall–Kier alpha value is -2.96. The van der Waals surface area contributed by atoms with Crippen molar-refractivity contribution in [3.8, 4) is 11.3 Å². The highest BCUT2D eigenvalue weighted by Gasteiger charge is 2.10. The first-order valence-corrected chi connectivity index (χ1v) is 8.83. The van der Waals surface area contributed by atoms with E-state index in [1.165, 1.54) is 6.07 Å². The summed E-state index contributed by atoms with van der Waals surface area (Å²) in [6.07, 6.45) is 0. The van der Waals surface area contributed by atoms with Crippen LogP contribution in [0.3, 0.4) is 0 Å². The van der Waals surface area contributed by atoms with Gasteiger partial charge in [-0.3, -0.25) is 4.79 Å². The number of hydrogen-bond acceptors (Lipinski definition) is 4. The Kier molecular flexibility index (Phi) is 4.51. The second kappa shape index (κ2) is 6.98. The highest BCUT2D eigenvalue weighted by Crippen LogP contribution is 2.24. The van der Waals surface area contributed by atoms with Crippen molar-refractivity contribution in [2.45, 2.75) is 6.92 Å². The van der Waals surface area contributed by atoms with Gasteiger partial charge in [0, 0.05) is 16.8 Å². The van der Waals surface area contributed by atoms with Crippen LogP contribution in [0.15, 0.2) is 54.6 Å². The lowest BCUT2D eigenvalue weighted by Gasteiger charge is -2.07. The molecule has 2 aromatic carbocycles. The number of carbonyl (C=O) groups is 1. The number of hydrogen-bond donors (Lipinski definition) is 1. The van der Waals surface area contributed by atoms with Gasteiger partial charge in [0.15, 0.2) is 11.5 Å². The Morgan fingerprint density at radius 3 is 2.48 bits per heavy atom. The Balaban J connectivity index is 1.55. The minimum absolute atomic E-state index is 0.263. The second-order valence-corrected chi connectivity index (χ2v) is 6.71. The number of nitrogens with one attached hydrogen (secondary N) is 1. The predicted molar refractivity (Wildman–Crippen MR) is 105 cm³/mol. The van der Waals surface area contributed by atoms with E-state index in [-0.39, 0.29) is 5.91 Å². The fourth-order valence-corrected chi connectivity index (χ4v) is 2.91. The molecule has 0 aliphatic heterocycles. The molecule has 0 unspecified atom stereocenters. The minimum atomic E-state index is -0.263. The molecule has 8 heteroatoms. The van der Waals surface area contributed by atoms with E-state index in [1.54, 1.807) is 16.6 Å². The molecule has 27 heavy (non-hydrogen) atoms. The van der Waals surface area contributed by atoms with Crippen LogP contribution in [0.1, 0.15) is 16.2 Å². The van der Waals surface area contributed by atoms with Gasteiger partial charge >= 0.3 is 0 Å². The Bertz CT molecular complexity index is 1150. The summed E-state index contributed by atoms with van der Waals surface area (Å²) in [6, 6.07) is 15.9. The number of nitrogens with zero attached hydrogens (tertiary/aromatic N) is 4. The molecule has 0 radical (unpaired) electrons. The summed E-state index contributed by atoms with van der Waals surface area (Å²) in [7, 11) is 0. The lowest BCUT2D eigenvalue weighted by molar-refractivity contribution is 0.102. The number of halogens is 2. The van der Waals surface area contributed by atoms with Crippen LogP contribution in [-0.2, 0) is 0 Å². The van der Waals surface area contributed by atoms with Gasteiger partial charge in [-0.2, -0.15) is 9.61 Å². The standard InChI is InChI=1S/C19H13Cl2N5O/c1-11-23-24-18-9-8-17(25-26(11)18)12-2-5-14(6-3-12)22-19(27)13-4-7-15(20)16(21)10-13/h2-10H,1H3,(H,22,27). The lowest BCUT2D eigenvalue weighted by Crippen LogP contribution is -2.11. The molecule has 0 bridgehead atoms. The monoisotopic (exact) mass is 397 g/mol. The molecule has 1 amide bonds. The first-order chi connectivity index (χ1) is 13.0. The van der Waals surface area contributed by atoms with Crippen LogP contribution in [0.4, 0.5) is 5.69 Å². The smallest absolute Gasteiger partial charge is 0.255 e. The third kappa shape index (κ3) is 3.49. The summed E-state index contributed by atoms with van der Waals surface area (Å²) in [5.41, 5.74) is 3.49. The van der Waals surface area contributed by atoms with Gasteiger partial charge in [0.1, 0.15) is 0 Å². The molecule has 2 aromatic heterocycles. The van der Waals surface area contributed by atoms with E-state index in [4.69, 9.17) is 23.2 Å². The van der Waals surface area contributed by atoms with E-state index in [9.17, 15) is 4.79 Å². The highest BCUT2D eigenvalue weighted by molar-refractivity contribution is 6.42. The molecule has 4 rings (SSSR count). The largest absolute Gasteiger partial charge is 0.322 e. The van der Waals surface area contributed by atoms with Crippen molar-refractivity contribution in [3.63, 3.8) is 0 Å². The molecule has 134 valence electrons. The number of rotatable bonds is 3. The molecule has 0 atom stereocenters. The second-order valence-electron chi connectivity index (χ2n) is 5.90. The molecule has 2 heterocycles. The summed E-state index contributed by atoms with van der Waals surface area (Å²) in [4.78, 5) is 12.3. The first-order valence-electron chi connectivity index (χ1n) is 8.07. The molecule has 0 aliphatic rings. The lowest BCUT2D eigenvalue weighted by atomic mass is 10.1. The fraction of sp³-hybridized carbons (Fsp3) is 0.0526. The van der Waals surface area contributed by atoms with Crippen molar-refractivity contribution in [2.24, 2.45) is 0 Å². The maximum Gasteiger partial charge on any atom is 0.255 e. The molecular weight excluding hydrogens is 385 g/mol. The minimum Gasteiger partial charge on any atom is -0.322 e. The third-order valence-electron chi connectivity index (χ3n) is 4.04. The van der Waals surface area contributed by atoms with Crippen LogP contribution in [0.2, 0.25) is 10.0 Å². The number of carbonyl (C=O) groups excluding carboxylic acids is 1. The zero-order valence-electron chi connectivity index (χ0n) is 14.1. The van der Waals surface area contributed by atoms with E-state index in [0.717, 1.165) is 17.1 Å². The number of aromatic nitrogens is 4. The Morgan fingerprint density at radius 2 is 1.74 bits per heavy atom. The number of amides is 1. The zero-order valence-corrected chi connectivity index (χ0v) is 15.7. The van der Waals surface area contributed by atoms with Crippen LogP contribution in [-0.4, -0.2) is 25.7 Å². The number of fused-ring (bicyclic) bond motifs is 1. The van der Waals surface area contributed by atoms with E-state index in [2.05, 4.69) is 20.6 Å². The zero-order chi connectivity index (χ0) is 19.0. The summed E-state index contributed by atoms with van der Waals surface area (Å²) in [5.74, 6) is 0.457.